The van der Waals surface area contributed by atoms with E-state index in [2.05, 4.69) is 0 Å². The third-order valence-electron chi connectivity index (χ3n) is 1.61. The molecule has 0 unspecified atom stereocenters. The Hall–Kier alpha value is -0.280. The molecule has 0 N–H and O–H groups in total. The molecule has 0 atom stereocenters. The summed E-state index contributed by atoms with van der Waals surface area (Å²) in [7, 11) is 1.76. The van der Waals surface area contributed by atoms with Crippen LogP contribution in [0.2, 0.25) is 0 Å². The predicted molar refractivity (Wildman–Crippen MR) is 54.1 cm³/mol. The summed E-state index contributed by atoms with van der Waals surface area (Å²) in [5.41, 5.74) is 0. The maximum absolute atomic E-state index is 11.2. The smallest absolute Gasteiger partial charge is 0.223 e. The topological polar surface area (TPSA) is 29.5 Å². The van der Waals surface area contributed by atoms with Crippen LogP contribution >= 0.6 is 11.6 Å². The molecule has 0 heterocycles. The van der Waals surface area contributed by atoms with Gasteiger partial charge in [0.15, 0.2) is 0 Å². The van der Waals surface area contributed by atoms with E-state index < -0.39 is 0 Å². The lowest BCUT2D eigenvalue weighted by atomic mass is 10.4. The van der Waals surface area contributed by atoms with Crippen LogP contribution in [0, 0.1) is 0 Å². The van der Waals surface area contributed by atoms with Gasteiger partial charge in [0.05, 0.1) is 12.7 Å². The summed E-state index contributed by atoms with van der Waals surface area (Å²) in [5.74, 6) is 0.455. The number of ether oxygens (including phenoxy) is 1. The van der Waals surface area contributed by atoms with Gasteiger partial charge in [-0.2, -0.15) is 0 Å². The highest BCUT2D eigenvalue weighted by Gasteiger charge is 2.06. The zero-order chi connectivity index (χ0) is 10.3. The molecule has 0 aliphatic heterocycles. The minimum atomic E-state index is 0.0716. The maximum atomic E-state index is 11.2. The van der Waals surface area contributed by atoms with Gasteiger partial charge in [-0.05, 0) is 13.8 Å². The van der Waals surface area contributed by atoms with Crippen molar-refractivity contribution in [2.45, 2.75) is 26.4 Å². The van der Waals surface area contributed by atoms with E-state index in [9.17, 15) is 4.79 Å². The van der Waals surface area contributed by atoms with Crippen LogP contribution in [0.15, 0.2) is 0 Å². The molecule has 3 nitrogen and oxygen atoms in total. The Morgan fingerprint density at radius 2 is 2.15 bits per heavy atom. The summed E-state index contributed by atoms with van der Waals surface area (Å²) < 4.78 is 5.31. The Labute approximate surface area is 85.0 Å². The van der Waals surface area contributed by atoms with Gasteiger partial charge in [-0.1, -0.05) is 0 Å². The fourth-order valence-electron chi connectivity index (χ4n) is 0.822. The number of carbonyl (C=O) groups is 1. The molecule has 1 amide bonds. The highest BCUT2D eigenvalue weighted by Crippen LogP contribution is 1.94. The van der Waals surface area contributed by atoms with Gasteiger partial charge in [0.2, 0.25) is 5.91 Å². The van der Waals surface area contributed by atoms with Crippen LogP contribution in [0.1, 0.15) is 20.3 Å². The summed E-state index contributed by atoms with van der Waals surface area (Å²) in [6.45, 7) is 5.16. The Kier molecular flexibility index (Phi) is 7.00. The van der Waals surface area contributed by atoms with Crippen molar-refractivity contribution in [3.05, 3.63) is 0 Å². The Morgan fingerprint density at radius 3 is 2.62 bits per heavy atom. The summed E-state index contributed by atoms with van der Waals surface area (Å²) in [4.78, 5) is 12.8. The van der Waals surface area contributed by atoms with Crippen molar-refractivity contribution >= 4 is 17.5 Å². The fourth-order valence-corrected chi connectivity index (χ4v) is 0.983. The second kappa shape index (κ2) is 7.15. The van der Waals surface area contributed by atoms with E-state index in [1.807, 2.05) is 13.8 Å². The number of hydrogen-bond acceptors (Lipinski definition) is 2. The van der Waals surface area contributed by atoms with Crippen molar-refractivity contribution in [2.24, 2.45) is 0 Å². The molecule has 0 aromatic rings. The molecule has 0 saturated carbocycles. The molecule has 0 radical (unpaired) electrons. The molecule has 0 spiro atoms. The summed E-state index contributed by atoms with van der Waals surface area (Å²) in [6.07, 6.45) is 0.622. The molecule has 0 fully saturated rings. The lowest BCUT2D eigenvalue weighted by molar-refractivity contribution is -0.130. The van der Waals surface area contributed by atoms with Crippen LogP contribution in [0.3, 0.4) is 0 Å². The van der Waals surface area contributed by atoms with Gasteiger partial charge in [0.25, 0.3) is 0 Å². The van der Waals surface area contributed by atoms with Gasteiger partial charge in [-0.3, -0.25) is 4.79 Å². The molecule has 13 heavy (non-hydrogen) atoms. The normalized spacial score (nSPS) is 10.5. The number of alkyl halides is 1. The van der Waals surface area contributed by atoms with Crippen molar-refractivity contribution < 1.29 is 9.53 Å². The first kappa shape index (κ1) is 12.7. The van der Waals surface area contributed by atoms with Crippen LogP contribution in [0.4, 0.5) is 0 Å². The van der Waals surface area contributed by atoms with E-state index in [4.69, 9.17) is 16.3 Å². The number of amides is 1. The first-order valence-corrected chi connectivity index (χ1v) is 5.03. The number of halogens is 1. The van der Waals surface area contributed by atoms with Gasteiger partial charge >= 0.3 is 0 Å². The van der Waals surface area contributed by atoms with E-state index in [1.165, 1.54) is 0 Å². The van der Waals surface area contributed by atoms with Crippen molar-refractivity contribution in [3.63, 3.8) is 0 Å². The number of rotatable bonds is 6. The van der Waals surface area contributed by atoms with E-state index in [1.54, 1.807) is 11.9 Å². The number of carbonyl (C=O) groups excluding carboxylic acids is 1. The molecule has 0 rings (SSSR count). The van der Waals surface area contributed by atoms with E-state index in [-0.39, 0.29) is 12.0 Å². The molecule has 0 saturated heterocycles. The largest absolute Gasteiger partial charge is 0.377 e. The van der Waals surface area contributed by atoms with Gasteiger partial charge in [0.1, 0.15) is 0 Å². The Balaban J connectivity index is 3.49. The van der Waals surface area contributed by atoms with Crippen molar-refractivity contribution in [2.75, 3.05) is 26.1 Å². The van der Waals surface area contributed by atoms with Crippen LogP contribution in [-0.4, -0.2) is 43.0 Å². The number of hydrogen-bond donors (Lipinski definition) is 0. The van der Waals surface area contributed by atoms with Crippen LogP contribution in [0.25, 0.3) is 0 Å². The third-order valence-corrected chi connectivity index (χ3v) is 1.80. The van der Waals surface area contributed by atoms with Gasteiger partial charge in [-0.15, -0.1) is 11.6 Å². The standard InChI is InChI=1S/C9H18ClNO2/c1-8(2)13-7-6-11(3)9(12)4-5-10/h8H,4-7H2,1-3H3. The molecular weight excluding hydrogens is 190 g/mol. The Morgan fingerprint density at radius 1 is 1.54 bits per heavy atom. The first-order valence-electron chi connectivity index (χ1n) is 4.49. The molecule has 0 aliphatic rings. The summed E-state index contributed by atoms with van der Waals surface area (Å²) in [5, 5.41) is 0. The molecule has 0 aromatic carbocycles. The van der Waals surface area contributed by atoms with E-state index in [0.29, 0.717) is 25.5 Å². The van der Waals surface area contributed by atoms with Crippen LogP contribution < -0.4 is 0 Å². The summed E-state index contributed by atoms with van der Waals surface area (Å²) >= 11 is 5.45. The van der Waals surface area contributed by atoms with Crippen molar-refractivity contribution in [1.29, 1.82) is 0 Å². The molecule has 78 valence electrons. The predicted octanol–water partition coefficient (Wildman–Crippen LogP) is 1.50. The SMILES string of the molecule is CC(C)OCCN(C)C(=O)CCCl. The zero-order valence-electron chi connectivity index (χ0n) is 8.55. The molecule has 0 aromatic heterocycles. The van der Waals surface area contributed by atoms with E-state index in [0.717, 1.165) is 0 Å². The average molecular weight is 208 g/mol. The van der Waals surface area contributed by atoms with Crippen LogP contribution in [0.5, 0.6) is 0 Å². The quantitative estimate of drug-likeness (QED) is 0.618. The van der Waals surface area contributed by atoms with E-state index >= 15 is 0 Å². The highest BCUT2D eigenvalue weighted by atomic mass is 35.5. The number of nitrogens with zero attached hydrogens (tertiary/aromatic N) is 1. The average Bonchev–Trinajstić information content (AvgIpc) is 2.04. The molecule has 0 bridgehead atoms. The molecule has 0 aliphatic carbocycles. The van der Waals surface area contributed by atoms with Gasteiger partial charge < -0.3 is 9.64 Å². The minimum absolute atomic E-state index is 0.0716. The van der Waals surface area contributed by atoms with Crippen molar-refractivity contribution in [3.8, 4) is 0 Å². The zero-order valence-corrected chi connectivity index (χ0v) is 9.30. The second-order valence-electron chi connectivity index (χ2n) is 3.17. The first-order chi connectivity index (χ1) is 6.07. The second-order valence-corrected chi connectivity index (χ2v) is 3.55. The van der Waals surface area contributed by atoms with Crippen LogP contribution in [-0.2, 0) is 9.53 Å². The Bertz CT molecular complexity index is 151. The van der Waals surface area contributed by atoms with Gasteiger partial charge in [0, 0.05) is 25.9 Å². The number of likely N-dealkylation sites (N-methyl/N-ethyl adjacent to an activating group) is 1. The highest BCUT2D eigenvalue weighted by molar-refractivity contribution is 6.18. The third kappa shape index (κ3) is 6.84. The summed E-state index contributed by atoms with van der Waals surface area (Å²) in [6, 6.07) is 0. The lowest BCUT2D eigenvalue weighted by Gasteiger charge is -2.17. The van der Waals surface area contributed by atoms with Crippen molar-refractivity contribution in [1.82, 2.24) is 4.90 Å². The maximum Gasteiger partial charge on any atom is 0.223 e. The minimum Gasteiger partial charge on any atom is -0.377 e. The van der Waals surface area contributed by atoms with Gasteiger partial charge in [-0.25, -0.2) is 0 Å². The lowest BCUT2D eigenvalue weighted by Crippen LogP contribution is -2.30. The monoisotopic (exact) mass is 207 g/mol. The fraction of sp³-hybridized carbons (Fsp3) is 0.889. The molecule has 4 heteroatoms. The molecular formula is C9H18ClNO2.